The first-order valence-electron chi connectivity index (χ1n) is 3.24. The van der Waals surface area contributed by atoms with Crippen molar-refractivity contribution in [2.24, 2.45) is 0 Å². The SMILES string of the molecule is COC(=O)C(C)c1ccno1. The molecule has 0 saturated carbocycles. The van der Waals surface area contributed by atoms with Crippen LogP contribution in [0.2, 0.25) is 0 Å². The van der Waals surface area contributed by atoms with E-state index in [9.17, 15) is 4.79 Å². The van der Waals surface area contributed by atoms with Crippen LogP contribution >= 0.6 is 0 Å². The van der Waals surface area contributed by atoms with Gasteiger partial charge in [-0.15, -0.1) is 0 Å². The second-order valence-corrected chi connectivity index (χ2v) is 2.16. The number of carbonyl (C=O) groups is 1. The van der Waals surface area contributed by atoms with Crippen LogP contribution in [0.4, 0.5) is 0 Å². The van der Waals surface area contributed by atoms with E-state index in [-0.39, 0.29) is 11.9 Å². The summed E-state index contributed by atoms with van der Waals surface area (Å²) in [4.78, 5) is 10.9. The lowest BCUT2D eigenvalue weighted by atomic mass is 10.1. The zero-order valence-corrected chi connectivity index (χ0v) is 6.40. The van der Waals surface area contributed by atoms with Gasteiger partial charge in [0.05, 0.1) is 13.3 Å². The van der Waals surface area contributed by atoms with Crippen LogP contribution < -0.4 is 0 Å². The fraction of sp³-hybridized carbons (Fsp3) is 0.429. The molecule has 0 amide bonds. The largest absolute Gasteiger partial charge is 0.468 e. The molecule has 0 aromatic carbocycles. The fourth-order valence-electron chi connectivity index (χ4n) is 0.742. The summed E-state index contributed by atoms with van der Waals surface area (Å²) in [7, 11) is 1.34. The molecular weight excluding hydrogens is 146 g/mol. The highest BCUT2D eigenvalue weighted by atomic mass is 16.5. The number of aromatic nitrogens is 1. The van der Waals surface area contributed by atoms with Crippen LogP contribution in [0, 0.1) is 0 Å². The van der Waals surface area contributed by atoms with Crippen molar-refractivity contribution in [3.63, 3.8) is 0 Å². The van der Waals surface area contributed by atoms with E-state index >= 15 is 0 Å². The minimum atomic E-state index is -0.373. The third kappa shape index (κ3) is 1.58. The Morgan fingerprint density at radius 2 is 2.55 bits per heavy atom. The van der Waals surface area contributed by atoms with E-state index in [1.165, 1.54) is 13.3 Å². The second kappa shape index (κ2) is 3.18. The van der Waals surface area contributed by atoms with Gasteiger partial charge in [-0.25, -0.2) is 0 Å². The minimum Gasteiger partial charge on any atom is -0.468 e. The summed E-state index contributed by atoms with van der Waals surface area (Å²) >= 11 is 0. The highest BCUT2D eigenvalue weighted by molar-refractivity contribution is 5.76. The van der Waals surface area contributed by atoms with Crippen molar-refractivity contribution >= 4 is 5.97 Å². The Bertz CT molecular complexity index is 230. The summed E-state index contributed by atoms with van der Waals surface area (Å²) in [5.74, 6) is -0.166. The molecule has 1 heterocycles. The van der Waals surface area contributed by atoms with Gasteiger partial charge in [-0.2, -0.15) is 0 Å². The number of nitrogens with zero attached hydrogens (tertiary/aromatic N) is 1. The van der Waals surface area contributed by atoms with Gasteiger partial charge in [-0.05, 0) is 6.92 Å². The van der Waals surface area contributed by atoms with Crippen molar-refractivity contribution in [2.75, 3.05) is 7.11 Å². The van der Waals surface area contributed by atoms with Gasteiger partial charge in [-0.1, -0.05) is 5.16 Å². The van der Waals surface area contributed by atoms with Gasteiger partial charge in [0.25, 0.3) is 0 Å². The van der Waals surface area contributed by atoms with Gasteiger partial charge in [0.2, 0.25) is 0 Å². The van der Waals surface area contributed by atoms with E-state index in [2.05, 4.69) is 9.89 Å². The van der Waals surface area contributed by atoms with Crippen LogP contribution in [0.15, 0.2) is 16.8 Å². The molecule has 1 unspecified atom stereocenters. The van der Waals surface area contributed by atoms with Crippen molar-refractivity contribution in [3.05, 3.63) is 18.0 Å². The van der Waals surface area contributed by atoms with E-state index in [0.717, 1.165) is 0 Å². The number of methoxy groups -OCH3 is 1. The zero-order valence-electron chi connectivity index (χ0n) is 6.40. The number of hydrogen-bond acceptors (Lipinski definition) is 4. The van der Waals surface area contributed by atoms with Gasteiger partial charge in [-0.3, -0.25) is 4.79 Å². The molecule has 0 fully saturated rings. The van der Waals surface area contributed by atoms with Crippen molar-refractivity contribution in [3.8, 4) is 0 Å². The molecule has 1 aromatic heterocycles. The lowest BCUT2D eigenvalue weighted by Crippen LogP contribution is -2.09. The molecule has 0 spiro atoms. The topological polar surface area (TPSA) is 52.3 Å². The van der Waals surface area contributed by atoms with Crippen molar-refractivity contribution in [1.82, 2.24) is 5.16 Å². The van der Waals surface area contributed by atoms with E-state index in [4.69, 9.17) is 4.52 Å². The number of rotatable bonds is 2. The summed E-state index contributed by atoms with van der Waals surface area (Å²) in [6, 6.07) is 1.64. The van der Waals surface area contributed by atoms with Crippen LogP contribution in [0.1, 0.15) is 18.6 Å². The molecule has 60 valence electrons. The van der Waals surface area contributed by atoms with E-state index < -0.39 is 0 Å². The maximum Gasteiger partial charge on any atom is 0.316 e. The van der Waals surface area contributed by atoms with E-state index in [0.29, 0.717) is 5.76 Å². The Kier molecular flexibility index (Phi) is 2.25. The molecule has 0 radical (unpaired) electrons. The average molecular weight is 155 g/mol. The predicted molar refractivity (Wildman–Crippen MR) is 36.9 cm³/mol. The first kappa shape index (κ1) is 7.78. The molecular formula is C7H9NO3. The highest BCUT2D eigenvalue weighted by Gasteiger charge is 2.18. The average Bonchev–Trinajstić information content (AvgIpc) is 2.53. The van der Waals surface area contributed by atoms with Gasteiger partial charge in [0.1, 0.15) is 5.92 Å². The fourth-order valence-corrected chi connectivity index (χ4v) is 0.742. The van der Waals surface area contributed by atoms with Crippen molar-refractivity contribution in [1.29, 1.82) is 0 Å². The lowest BCUT2D eigenvalue weighted by Gasteiger charge is -2.02. The lowest BCUT2D eigenvalue weighted by molar-refractivity contribution is -0.142. The molecule has 4 nitrogen and oxygen atoms in total. The monoisotopic (exact) mass is 155 g/mol. The van der Waals surface area contributed by atoms with Gasteiger partial charge < -0.3 is 9.26 Å². The van der Waals surface area contributed by atoms with Crippen LogP contribution in [0.3, 0.4) is 0 Å². The molecule has 0 aliphatic heterocycles. The summed E-state index contributed by atoms with van der Waals surface area (Å²) in [6.45, 7) is 1.70. The molecule has 4 heteroatoms. The molecule has 0 N–H and O–H groups in total. The van der Waals surface area contributed by atoms with E-state index in [1.807, 2.05) is 0 Å². The van der Waals surface area contributed by atoms with Gasteiger partial charge in [0.15, 0.2) is 5.76 Å². The molecule has 0 aliphatic carbocycles. The van der Waals surface area contributed by atoms with Crippen molar-refractivity contribution in [2.45, 2.75) is 12.8 Å². The van der Waals surface area contributed by atoms with Gasteiger partial charge in [0, 0.05) is 6.07 Å². The molecule has 0 saturated heterocycles. The molecule has 0 aliphatic rings. The molecule has 11 heavy (non-hydrogen) atoms. The van der Waals surface area contributed by atoms with Gasteiger partial charge >= 0.3 is 5.97 Å². The minimum absolute atomic E-state index is 0.318. The maximum absolute atomic E-state index is 10.9. The quantitative estimate of drug-likeness (QED) is 0.596. The standard InChI is InChI=1S/C7H9NO3/c1-5(7(9)10-2)6-3-4-8-11-6/h3-5H,1-2H3. The number of esters is 1. The van der Waals surface area contributed by atoms with E-state index in [1.54, 1.807) is 13.0 Å². The Morgan fingerprint density at radius 3 is 3.00 bits per heavy atom. The predicted octanol–water partition coefficient (Wildman–Crippen LogP) is 0.951. The zero-order chi connectivity index (χ0) is 8.27. The number of hydrogen-bond donors (Lipinski definition) is 0. The smallest absolute Gasteiger partial charge is 0.316 e. The third-order valence-corrected chi connectivity index (χ3v) is 1.44. The van der Waals surface area contributed by atoms with Crippen LogP contribution in [0.25, 0.3) is 0 Å². The number of carbonyl (C=O) groups excluding carboxylic acids is 1. The molecule has 1 rings (SSSR count). The molecule has 1 atom stereocenters. The number of ether oxygens (including phenoxy) is 1. The normalized spacial score (nSPS) is 12.5. The Hall–Kier alpha value is -1.32. The Balaban J connectivity index is 2.70. The third-order valence-electron chi connectivity index (χ3n) is 1.44. The van der Waals surface area contributed by atoms with Crippen LogP contribution in [-0.4, -0.2) is 18.2 Å². The molecule has 1 aromatic rings. The summed E-state index contributed by atoms with van der Waals surface area (Å²) in [5.41, 5.74) is 0. The summed E-state index contributed by atoms with van der Waals surface area (Å²) in [5, 5.41) is 3.48. The Labute approximate surface area is 64.1 Å². The maximum atomic E-state index is 10.9. The second-order valence-electron chi connectivity index (χ2n) is 2.16. The summed E-state index contributed by atoms with van der Waals surface area (Å²) in [6.07, 6.45) is 1.49. The first-order valence-corrected chi connectivity index (χ1v) is 3.24. The Morgan fingerprint density at radius 1 is 1.82 bits per heavy atom. The first-order chi connectivity index (χ1) is 5.25. The van der Waals surface area contributed by atoms with Crippen molar-refractivity contribution < 1.29 is 14.1 Å². The van der Waals surface area contributed by atoms with Crippen LogP contribution in [-0.2, 0) is 9.53 Å². The summed E-state index contributed by atoms with van der Waals surface area (Å²) < 4.78 is 9.28. The highest BCUT2D eigenvalue weighted by Crippen LogP contribution is 2.14. The molecule has 0 bridgehead atoms. The van der Waals surface area contributed by atoms with Crippen LogP contribution in [0.5, 0.6) is 0 Å².